The molecule has 1 aliphatic rings. The molecule has 1 unspecified atom stereocenters. The molecule has 0 bridgehead atoms. The van der Waals surface area contributed by atoms with Gasteiger partial charge in [0.1, 0.15) is 0 Å². The molecule has 1 aromatic carbocycles. The summed E-state index contributed by atoms with van der Waals surface area (Å²) in [4.78, 5) is 9.53. The first-order valence-corrected chi connectivity index (χ1v) is 11.5. The largest absolute Gasteiger partial charge is 0.356 e. The number of guanidine groups is 1. The minimum absolute atomic E-state index is 0. The van der Waals surface area contributed by atoms with Gasteiger partial charge < -0.3 is 20.4 Å². The third-order valence-electron chi connectivity index (χ3n) is 5.81. The number of nitrogens with zero attached hydrogens (tertiary/aromatic N) is 3. The van der Waals surface area contributed by atoms with Crippen molar-refractivity contribution in [1.29, 1.82) is 0 Å². The number of likely N-dealkylation sites (N-methyl/N-ethyl adjacent to an activating group) is 1. The van der Waals surface area contributed by atoms with Gasteiger partial charge in [-0.3, -0.25) is 4.99 Å². The third-order valence-corrected chi connectivity index (χ3v) is 5.81. The molecule has 1 aromatic rings. The summed E-state index contributed by atoms with van der Waals surface area (Å²) in [5, 5.41) is 6.99. The minimum Gasteiger partial charge on any atom is -0.356 e. The predicted molar refractivity (Wildman–Crippen MR) is 141 cm³/mol. The Morgan fingerprint density at radius 2 is 1.63 bits per heavy atom. The van der Waals surface area contributed by atoms with Crippen LogP contribution in [0.2, 0.25) is 0 Å². The van der Waals surface area contributed by atoms with E-state index in [-0.39, 0.29) is 30.0 Å². The van der Waals surface area contributed by atoms with E-state index in [1.807, 2.05) is 7.05 Å². The van der Waals surface area contributed by atoms with E-state index in [2.05, 4.69) is 77.4 Å². The van der Waals surface area contributed by atoms with Crippen molar-refractivity contribution in [1.82, 2.24) is 20.4 Å². The highest BCUT2D eigenvalue weighted by molar-refractivity contribution is 14.0. The van der Waals surface area contributed by atoms with Crippen LogP contribution in [0.4, 0.5) is 0 Å². The number of halogens is 1. The molecule has 5 nitrogen and oxygen atoms in total. The molecule has 2 rings (SSSR count). The third kappa shape index (κ3) is 9.96. The van der Waals surface area contributed by atoms with Crippen LogP contribution in [0.15, 0.2) is 29.3 Å². The summed E-state index contributed by atoms with van der Waals surface area (Å²) < 4.78 is 0. The van der Waals surface area contributed by atoms with Gasteiger partial charge in [0.15, 0.2) is 5.96 Å². The average molecular weight is 530 g/mol. The summed E-state index contributed by atoms with van der Waals surface area (Å²) in [6.45, 7) is 17.2. The van der Waals surface area contributed by atoms with Crippen LogP contribution in [-0.2, 0) is 6.42 Å². The van der Waals surface area contributed by atoms with Gasteiger partial charge in [-0.2, -0.15) is 0 Å². The van der Waals surface area contributed by atoms with E-state index in [0.717, 1.165) is 18.9 Å². The summed E-state index contributed by atoms with van der Waals surface area (Å²) >= 11 is 0. The number of unbranched alkanes of at least 4 members (excludes halogenated alkanes) is 1. The molecule has 0 saturated carbocycles. The van der Waals surface area contributed by atoms with Gasteiger partial charge >= 0.3 is 0 Å². The smallest absolute Gasteiger partial charge is 0.191 e. The van der Waals surface area contributed by atoms with Crippen molar-refractivity contribution >= 4 is 29.9 Å². The lowest BCUT2D eigenvalue weighted by Crippen LogP contribution is -2.46. The van der Waals surface area contributed by atoms with Gasteiger partial charge in [-0.1, -0.05) is 45.0 Å². The first-order chi connectivity index (χ1) is 14.0. The molecule has 1 saturated heterocycles. The van der Waals surface area contributed by atoms with Crippen molar-refractivity contribution in [3.05, 3.63) is 35.4 Å². The fraction of sp³-hybridized carbons (Fsp3) is 0.708. The number of aliphatic imine (C=N–C) groups is 1. The maximum atomic E-state index is 4.39. The van der Waals surface area contributed by atoms with Crippen molar-refractivity contribution in [3.8, 4) is 0 Å². The summed E-state index contributed by atoms with van der Waals surface area (Å²) in [5.41, 5.74) is 2.71. The fourth-order valence-corrected chi connectivity index (χ4v) is 3.89. The minimum atomic E-state index is 0. The van der Waals surface area contributed by atoms with Gasteiger partial charge in [-0.05, 0) is 56.3 Å². The highest BCUT2D eigenvalue weighted by atomic mass is 127. The molecule has 0 aromatic heterocycles. The second-order valence-electron chi connectivity index (χ2n) is 8.69. The SMILES string of the molecule is CCN1CCN(CCCCNC(=NC)NC(C)c2ccc(CC(C)C)cc2)CC1.I. The lowest BCUT2D eigenvalue weighted by molar-refractivity contribution is 0.136. The average Bonchev–Trinajstić information content (AvgIpc) is 2.73. The van der Waals surface area contributed by atoms with E-state index in [1.165, 1.54) is 63.2 Å². The Kier molecular flexibility index (Phi) is 13.6. The second-order valence-corrected chi connectivity index (χ2v) is 8.69. The van der Waals surface area contributed by atoms with E-state index < -0.39 is 0 Å². The first-order valence-electron chi connectivity index (χ1n) is 11.5. The fourth-order valence-electron chi connectivity index (χ4n) is 3.89. The molecule has 1 fully saturated rings. The van der Waals surface area contributed by atoms with Gasteiger partial charge in [0, 0.05) is 39.8 Å². The van der Waals surface area contributed by atoms with Gasteiger partial charge in [-0.15, -0.1) is 24.0 Å². The van der Waals surface area contributed by atoms with Crippen LogP contribution in [0.5, 0.6) is 0 Å². The lowest BCUT2D eigenvalue weighted by atomic mass is 10.00. The maximum absolute atomic E-state index is 4.39. The van der Waals surface area contributed by atoms with Crippen LogP contribution in [0.3, 0.4) is 0 Å². The van der Waals surface area contributed by atoms with Crippen LogP contribution >= 0.6 is 24.0 Å². The summed E-state index contributed by atoms with van der Waals surface area (Å²) in [6, 6.07) is 9.22. The van der Waals surface area contributed by atoms with Crippen LogP contribution in [0.25, 0.3) is 0 Å². The Balaban J connectivity index is 0.00000450. The van der Waals surface area contributed by atoms with Gasteiger partial charge in [0.2, 0.25) is 0 Å². The summed E-state index contributed by atoms with van der Waals surface area (Å²) in [7, 11) is 1.85. The molecule has 172 valence electrons. The van der Waals surface area contributed by atoms with Crippen molar-refractivity contribution in [2.75, 3.05) is 52.9 Å². The number of benzene rings is 1. The summed E-state index contributed by atoms with van der Waals surface area (Å²) in [6.07, 6.45) is 3.55. The van der Waals surface area contributed by atoms with Crippen molar-refractivity contribution in [2.45, 2.75) is 53.0 Å². The molecule has 6 heteroatoms. The summed E-state index contributed by atoms with van der Waals surface area (Å²) in [5.74, 6) is 1.58. The number of piperazine rings is 1. The Morgan fingerprint density at radius 3 is 2.20 bits per heavy atom. The van der Waals surface area contributed by atoms with E-state index in [0.29, 0.717) is 5.92 Å². The van der Waals surface area contributed by atoms with Crippen molar-refractivity contribution < 1.29 is 0 Å². The molecule has 0 amide bonds. The highest BCUT2D eigenvalue weighted by Crippen LogP contribution is 2.15. The van der Waals surface area contributed by atoms with Crippen LogP contribution in [0.1, 0.15) is 57.7 Å². The first kappa shape index (κ1) is 27.2. The number of rotatable bonds is 10. The van der Waals surface area contributed by atoms with Crippen molar-refractivity contribution in [2.24, 2.45) is 10.9 Å². The molecule has 1 aliphatic heterocycles. The highest BCUT2D eigenvalue weighted by Gasteiger charge is 2.14. The normalized spacial score (nSPS) is 16.9. The molecule has 0 radical (unpaired) electrons. The Labute approximate surface area is 202 Å². The molecular formula is C24H44IN5. The zero-order valence-corrected chi connectivity index (χ0v) is 22.1. The number of hydrogen-bond donors (Lipinski definition) is 2. The lowest BCUT2D eigenvalue weighted by Gasteiger charge is -2.34. The standard InChI is InChI=1S/C24H43N5.HI/c1-6-28-15-17-29(18-16-28)14-8-7-13-26-24(25-5)27-21(4)23-11-9-22(10-12-23)19-20(2)3;/h9-12,20-21H,6-8,13-19H2,1-5H3,(H2,25,26,27);1H. The van der Waals surface area contributed by atoms with Gasteiger partial charge in [0.05, 0.1) is 6.04 Å². The van der Waals surface area contributed by atoms with Crippen molar-refractivity contribution in [3.63, 3.8) is 0 Å². The van der Waals surface area contributed by atoms with Gasteiger partial charge in [-0.25, -0.2) is 0 Å². The van der Waals surface area contributed by atoms with Crippen LogP contribution < -0.4 is 10.6 Å². The quantitative estimate of drug-likeness (QED) is 0.207. The van der Waals surface area contributed by atoms with Crippen LogP contribution in [0, 0.1) is 5.92 Å². The second kappa shape index (κ2) is 15.0. The predicted octanol–water partition coefficient (Wildman–Crippen LogP) is 4.15. The molecule has 0 spiro atoms. The molecule has 0 aliphatic carbocycles. The Bertz CT molecular complexity index is 594. The zero-order valence-electron chi connectivity index (χ0n) is 19.8. The zero-order chi connectivity index (χ0) is 21.1. The van der Waals surface area contributed by atoms with Gasteiger partial charge in [0.25, 0.3) is 0 Å². The number of nitrogens with one attached hydrogen (secondary N) is 2. The molecule has 1 atom stereocenters. The van der Waals surface area contributed by atoms with Crippen LogP contribution in [-0.4, -0.2) is 68.6 Å². The van der Waals surface area contributed by atoms with E-state index in [1.54, 1.807) is 0 Å². The van der Waals surface area contributed by atoms with E-state index >= 15 is 0 Å². The Morgan fingerprint density at radius 1 is 1.00 bits per heavy atom. The molecule has 2 N–H and O–H groups in total. The topological polar surface area (TPSA) is 42.9 Å². The molecule has 1 heterocycles. The van der Waals surface area contributed by atoms with E-state index in [4.69, 9.17) is 0 Å². The molecule has 30 heavy (non-hydrogen) atoms. The maximum Gasteiger partial charge on any atom is 0.191 e. The molecular weight excluding hydrogens is 485 g/mol. The number of hydrogen-bond acceptors (Lipinski definition) is 3. The monoisotopic (exact) mass is 529 g/mol. The van der Waals surface area contributed by atoms with E-state index in [9.17, 15) is 0 Å². The Hall–Kier alpha value is -0.860.